The van der Waals surface area contributed by atoms with Gasteiger partial charge >= 0.3 is 12.0 Å². The fourth-order valence-corrected chi connectivity index (χ4v) is 3.63. The van der Waals surface area contributed by atoms with E-state index >= 15 is 0 Å². The maximum absolute atomic E-state index is 13.0. The predicted octanol–water partition coefficient (Wildman–Crippen LogP) is 6.07. The number of rotatable bonds is 6. The molecule has 4 rings (SSSR count). The average Bonchev–Trinajstić information content (AvgIpc) is 2.85. The summed E-state index contributed by atoms with van der Waals surface area (Å²) in [5.74, 6) is -0.515. The van der Waals surface area contributed by atoms with Crippen molar-refractivity contribution in [3.63, 3.8) is 0 Å². The number of benzene rings is 3. The van der Waals surface area contributed by atoms with Crippen LogP contribution in [0, 0.1) is 0 Å². The van der Waals surface area contributed by atoms with Crippen molar-refractivity contribution in [1.29, 1.82) is 0 Å². The molecule has 3 aromatic carbocycles. The minimum atomic E-state index is -1.25. The molecule has 36 heavy (non-hydrogen) atoms. The zero-order chi connectivity index (χ0) is 25.9. The first-order valence-corrected chi connectivity index (χ1v) is 11.2. The van der Waals surface area contributed by atoms with Crippen LogP contribution in [0.4, 0.5) is 16.2 Å². The number of carbonyl (C=O) groups is 2. The van der Waals surface area contributed by atoms with Gasteiger partial charge in [-0.3, -0.25) is 0 Å². The van der Waals surface area contributed by atoms with Gasteiger partial charge in [0.2, 0.25) is 11.7 Å². The number of carboxylic acids is 1. The highest BCUT2D eigenvalue weighted by Gasteiger charge is 2.18. The van der Waals surface area contributed by atoms with Crippen molar-refractivity contribution in [1.82, 2.24) is 9.97 Å². The summed E-state index contributed by atoms with van der Waals surface area (Å²) < 4.78 is 11.3. The Morgan fingerprint density at radius 1 is 0.889 bits per heavy atom. The van der Waals surface area contributed by atoms with E-state index in [1.165, 1.54) is 12.3 Å². The fraction of sp³-hybridized carbons (Fsp3) is 0.185. The smallest absolute Gasteiger partial charge is 0.374 e. The Bertz CT molecular complexity index is 1450. The van der Waals surface area contributed by atoms with Gasteiger partial charge in [-0.2, -0.15) is 4.98 Å². The van der Waals surface area contributed by atoms with Crippen LogP contribution in [0.1, 0.15) is 37.0 Å². The van der Waals surface area contributed by atoms with Gasteiger partial charge < -0.3 is 25.2 Å². The monoisotopic (exact) mass is 486 g/mol. The normalized spacial score (nSPS) is 11.1. The van der Waals surface area contributed by atoms with Crippen LogP contribution in [0.2, 0.25) is 0 Å². The molecule has 0 spiro atoms. The highest BCUT2D eigenvalue weighted by Crippen LogP contribution is 2.35. The minimum absolute atomic E-state index is 0.0943. The molecule has 0 saturated heterocycles. The molecule has 4 aromatic rings. The molecular weight excluding hydrogens is 460 g/mol. The number of fused-ring (bicyclic) bond motifs is 1. The van der Waals surface area contributed by atoms with Crippen molar-refractivity contribution >= 4 is 34.1 Å². The van der Waals surface area contributed by atoms with E-state index in [4.69, 9.17) is 14.6 Å². The molecule has 0 saturated carbocycles. The number of methoxy groups -OCH3 is 1. The van der Waals surface area contributed by atoms with Crippen LogP contribution in [0.15, 0.2) is 66.9 Å². The highest BCUT2D eigenvalue weighted by atomic mass is 16.5. The first-order valence-electron chi connectivity index (χ1n) is 11.2. The molecular formula is C27H26N4O5. The largest absolute Gasteiger partial charge is 0.495 e. The van der Waals surface area contributed by atoms with Crippen LogP contribution in [-0.4, -0.2) is 34.2 Å². The van der Waals surface area contributed by atoms with Gasteiger partial charge in [-0.1, -0.05) is 51.1 Å². The van der Waals surface area contributed by atoms with Gasteiger partial charge in [0.1, 0.15) is 11.5 Å². The van der Waals surface area contributed by atoms with Crippen LogP contribution < -0.4 is 20.1 Å². The lowest BCUT2D eigenvalue weighted by molar-refractivity contribution is 0.0682. The van der Waals surface area contributed by atoms with E-state index in [1.807, 2.05) is 42.5 Å². The van der Waals surface area contributed by atoms with E-state index in [9.17, 15) is 9.59 Å². The van der Waals surface area contributed by atoms with Crippen molar-refractivity contribution in [2.75, 3.05) is 17.7 Å². The van der Waals surface area contributed by atoms with Crippen molar-refractivity contribution in [3.8, 4) is 17.4 Å². The van der Waals surface area contributed by atoms with E-state index in [1.54, 1.807) is 19.2 Å². The number of aromatic nitrogens is 2. The third kappa shape index (κ3) is 5.35. The third-order valence-electron chi connectivity index (χ3n) is 5.48. The van der Waals surface area contributed by atoms with Crippen LogP contribution in [0.5, 0.6) is 17.4 Å². The molecule has 0 bridgehead atoms. The summed E-state index contributed by atoms with van der Waals surface area (Å²) in [4.78, 5) is 31.7. The highest BCUT2D eigenvalue weighted by molar-refractivity contribution is 6.08. The molecule has 0 aliphatic heterocycles. The number of aromatic carboxylic acids is 1. The quantitative estimate of drug-likeness (QED) is 0.302. The van der Waals surface area contributed by atoms with Crippen molar-refractivity contribution in [3.05, 3.63) is 78.2 Å². The van der Waals surface area contributed by atoms with Gasteiger partial charge in [0.25, 0.3) is 0 Å². The summed E-state index contributed by atoms with van der Waals surface area (Å²) in [5, 5.41) is 16.3. The SMILES string of the molecule is COc1ccc(C(C)(C)C)cc1NC(=O)Nc1ccc(Oc2ccnc(C(=O)O)n2)c2ccccc12. The van der Waals surface area contributed by atoms with Gasteiger partial charge in [-0.05, 0) is 35.2 Å². The number of carboxylic acid groups (broad SMARTS) is 1. The predicted molar refractivity (Wildman–Crippen MR) is 137 cm³/mol. The molecule has 3 N–H and O–H groups in total. The van der Waals surface area contributed by atoms with E-state index in [0.717, 1.165) is 10.9 Å². The molecule has 1 aromatic heterocycles. The molecule has 184 valence electrons. The summed E-state index contributed by atoms with van der Waals surface area (Å²) in [6.45, 7) is 6.29. The topological polar surface area (TPSA) is 123 Å². The van der Waals surface area contributed by atoms with Crippen molar-refractivity contribution < 1.29 is 24.2 Å². The first kappa shape index (κ1) is 24.5. The van der Waals surface area contributed by atoms with Gasteiger partial charge in [0.05, 0.1) is 18.5 Å². The fourth-order valence-electron chi connectivity index (χ4n) is 3.63. The lowest BCUT2D eigenvalue weighted by Crippen LogP contribution is -2.21. The average molecular weight is 487 g/mol. The molecule has 1 heterocycles. The molecule has 0 fully saturated rings. The molecule has 9 heteroatoms. The van der Waals surface area contributed by atoms with Gasteiger partial charge in [0, 0.05) is 23.0 Å². The van der Waals surface area contributed by atoms with Gasteiger partial charge in [-0.25, -0.2) is 14.6 Å². The molecule has 2 amide bonds. The summed E-state index contributed by atoms with van der Waals surface area (Å²) in [6.07, 6.45) is 1.32. The van der Waals surface area contributed by atoms with E-state index < -0.39 is 12.0 Å². The van der Waals surface area contributed by atoms with Crippen LogP contribution in [0.25, 0.3) is 10.8 Å². The number of amides is 2. The molecule has 9 nitrogen and oxygen atoms in total. The van der Waals surface area contributed by atoms with E-state index in [0.29, 0.717) is 28.3 Å². The second-order valence-corrected chi connectivity index (χ2v) is 9.03. The Kier molecular flexibility index (Phi) is 6.73. The molecule has 0 radical (unpaired) electrons. The summed E-state index contributed by atoms with van der Waals surface area (Å²) in [6, 6.07) is 17.5. The zero-order valence-corrected chi connectivity index (χ0v) is 20.3. The number of hydrogen-bond donors (Lipinski definition) is 3. The lowest BCUT2D eigenvalue weighted by Gasteiger charge is -2.21. The number of urea groups is 1. The Balaban J connectivity index is 1.60. The standard InChI is InChI=1S/C27H26N4O5/c1-27(2,3)16-9-11-22(35-4)20(15-16)30-26(34)29-19-10-12-21(18-8-6-5-7-17(18)19)36-23-13-14-28-24(31-23)25(32)33/h5-15H,1-4H3,(H,32,33)(H2,29,30,34). The molecule has 0 aliphatic carbocycles. The Labute approximate surface area is 208 Å². The Morgan fingerprint density at radius 3 is 2.28 bits per heavy atom. The maximum atomic E-state index is 13.0. The number of carbonyl (C=O) groups excluding carboxylic acids is 1. The third-order valence-corrected chi connectivity index (χ3v) is 5.48. The maximum Gasteiger partial charge on any atom is 0.374 e. The Hall–Kier alpha value is -4.66. The summed E-state index contributed by atoms with van der Waals surface area (Å²) in [5.41, 5.74) is 2.08. The van der Waals surface area contributed by atoms with E-state index in [-0.39, 0.29) is 17.1 Å². The van der Waals surface area contributed by atoms with Crippen molar-refractivity contribution in [2.45, 2.75) is 26.2 Å². The zero-order valence-electron chi connectivity index (χ0n) is 20.3. The summed E-state index contributed by atoms with van der Waals surface area (Å²) in [7, 11) is 1.55. The first-order chi connectivity index (χ1) is 17.2. The number of nitrogens with zero attached hydrogens (tertiary/aromatic N) is 2. The van der Waals surface area contributed by atoms with Crippen LogP contribution >= 0.6 is 0 Å². The molecule has 0 atom stereocenters. The van der Waals surface area contributed by atoms with Crippen LogP contribution in [0.3, 0.4) is 0 Å². The lowest BCUT2D eigenvalue weighted by atomic mass is 9.87. The molecule has 0 unspecified atom stereocenters. The number of nitrogens with one attached hydrogen (secondary N) is 2. The van der Waals surface area contributed by atoms with Crippen LogP contribution in [-0.2, 0) is 5.41 Å². The molecule has 0 aliphatic rings. The Morgan fingerprint density at radius 2 is 1.58 bits per heavy atom. The van der Waals surface area contributed by atoms with Crippen molar-refractivity contribution in [2.24, 2.45) is 0 Å². The van der Waals surface area contributed by atoms with E-state index in [2.05, 4.69) is 41.4 Å². The minimum Gasteiger partial charge on any atom is -0.495 e. The number of hydrogen-bond acceptors (Lipinski definition) is 6. The second kappa shape index (κ2) is 9.91. The summed E-state index contributed by atoms with van der Waals surface area (Å²) >= 11 is 0. The number of ether oxygens (including phenoxy) is 2. The van der Waals surface area contributed by atoms with Gasteiger partial charge in [0.15, 0.2) is 0 Å². The number of anilines is 2. The van der Waals surface area contributed by atoms with Gasteiger partial charge in [-0.15, -0.1) is 0 Å². The second-order valence-electron chi connectivity index (χ2n) is 9.03.